The smallest absolute Gasteiger partial charge is 0.231 e. The van der Waals surface area contributed by atoms with Gasteiger partial charge in [-0.2, -0.15) is 0 Å². The van der Waals surface area contributed by atoms with Crippen molar-refractivity contribution in [3.8, 4) is 11.5 Å². The van der Waals surface area contributed by atoms with Crippen molar-refractivity contribution in [3.05, 3.63) is 53.6 Å². The number of benzene rings is 2. The maximum absolute atomic E-state index is 10.2. The number of aromatic nitrogens is 2. The maximum atomic E-state index is 10.2. The number of hydrogen-bond acceptors (Lipinski definition) is 9. The van der Waals surface area contributed by atoms with Crippen molar-refractivity contribution in [1.29, 1.82) is 0 Å². The Balaban J connectivity index is 1.18. The molecule has 0 amide bonds. The highest BCUT2D eigenvalue weighted by molar-refractivity contribution is 8.01. The zero-order valence-corrected chi connectivity index (χ0v) is 18.2. The quantitative estimate of drug-likeness (QED) is 0.448. The molecule has 1 aliphatic heterocycles. The molecule has 0 aliphatic carbocycles. The number of aliphatic hydroxyl groups is 1. The molecular formula is C21H23N3O4S2. The molecule has 1 atom stereocenters. The zero-order chi connectivity index (χ0) is 20.8. The molecule has 0 saturated carbocycles. The first-order valence-electron chi connectivity index (χ1n) is 9.66. The molecule has 0 fully saturated rings. The van der Waals surface area contributed by atoms with Crippen molar-refractivity contribution < 1.29 is 19.3 Å². The van der Waals surface area contributed by atoms with Gasteiger partial charge in [0, 0.05) is 11.4 Å². The Kier molecular flexibility index (Phi) is 7.06. The second-order valence-corrected chi connectivity index (χ2v) is 8.96. The lowest BCUT2D eigenvalue weighted by Gasteiger charge is -2.10. The molecule has 0 bridgehead atoms. The Morgan fingerprint density at radius 3 is 2.77 bits per heavy atom. The van der Waals surface area contributed by atoms with Gasteiger partial charge in [-0.25, -0.2) is 0 Å². The van der Waals surface area contributed by atoms with Gasteiger partial charge in [0.2, 0.25) is 11.9 Å². The number of aryl methyl sites for hydroxylation is 1. The topological polar surface area (TPSA) is 85.7 Å². The summed E-state index contributed by atoms with van der Waals surface area (Å²) in [5, 5.41) is 22.5. The molecule has 0 saturated heterocycles. The minimum Gasteiger partial charge on any atom is -0.454 e. The first-order chi connectivity index (χ1) is 14.7. The molecule has 2 aromatic carbocycles. The number of nitrogens with one attached hydrogen (secondary N) is 1. The van der Waals surface area contributed by atoms with Gasteiger partial charge in [0.25, 0.3) is 0 Å². The van der Waals surface area contributed by atoms with Crippen LogP contribution < -0.4 is 14.8 Å². The molecule has 1 aromatic heterocycles. The van der Waals surface area contributed by atoms with Crippen LogP contribution in [0, 0.1) is 0 Å². The van der Waals surface area contributed by atoms with E-state index in [1.807, 2.05) is 30.3 Å². The predicted molar refractivity (Wildman–Crippen MR) is 118 cm³/mol. The summed E-state index contributed by atoms with van der Waals surface area (Å²) in [6.07, 6.45) is 0.425. The van der Waals surface area contributed by atoms with Crippen LogP contribution in [-0.2, 0) is 17.8 Å². The number of fused-ring (bicyclic) bond motifs is 1. The number of rotatable bonds is 10. The lowest BCUT2D eigenvalue weighted by atomic mass is 10.1. The van der Waals surface area contributed by atoms with Crippen LogP contribution >= 0.6 is 23.1 Å². The Morgan fingerprint density at radius 2 is 1.93 bits per heavy atom. The average Bonchev–Trinajstić information content (AvgIpc) is 3.42. The lowest BCUT2D eigenvalue weighted by molar-refractivity contribution is 0.0397. The van der Waals surface area contributed by atoms with Crippen LogP contribution in [0.3, 0.4) is 0 Å². The fourth-order valence-electron chi connectivity index (χ4n) is 2.83. The molecule has 3 aromatic rings. The zero-order valence-electron chi connectivity index (χ0n) is 16.5. The minimum absolute atomic E-state index is 0.245. The summed E-state index contributed by atoms with van der Waals surface area (Å²) in [5.41, 5.74) is 3.26. The molecule has 0 unspecified atom stereocenters. The van der Waals surface area contributed by atoms with E-state index in [4.69, 9.17) is 14.2 Å². The molecule has 30 heavy (non-hydrogen) atoms. The maximum Gasteiger partial charge on any atom is 0.231 e. The van der Waals surface area contributed by atoms with Crippen LogP contribution in [0.1, 0.15) is 18.1 Å². The third kappa shape index (κ3) is 5.63. The van der Waals surface area contributed by atoms with E-state index >= 15 is 0 Å². The van der Waals surface area contributed by atoms with Crippen LogP contribution in [-0.4, -0.2) is 40.6 Å². The molecule has 2 N–H and O–H groups in total. The number of nitrogens with zero attached hydrogens (tertiary/aromatic N) is 2. The van der Waals surface area contributed by atoms with Crippen LogP contribution in [0.15, 0.2) is 46.8 Å². The molecular weight excluding hydrogens is 422 g/mol. The molecule has 2 heterocycles. The van der Waals surface area contributed by atoms with Gasteiger partial charge in [0.05, 0.1) is 19.3 Å². The summed E-state index contributed by atoms with van der Waals surface area (Å²) in [7, 11) is 0. The Morgan fingerprint density at radius 1 is 1.13 bits per heavy atom. The van der Waals surface area contributed by atoms with Gasteiger partial charge < -0.3 is 24.6 Å². The van der Waals surface area contributed by atoms with E-state index in [0.29, 0.717) is 12.4 Å². The van der Waals surface area contributed by atoms with E-state index in [0.717, 1.165) is 38.6 Å². The Labute approximate surface area is 183 Å². The molecule has 7 nitrogen and oxygen atoms in total. The molecule has 1 aliphatic rings. The van der Waals surface area contributed by atoms with Crippen molar-refractivity contribution in [2.45, 2.75) is 30.4 Å². The van der Waals surface area contributed by atoms with Crippen LogP contribution in [0.2, 0.25) is 0 Å². The monoisotopic (exact) mass is 445 g/mol. The van der Waals surface area contributed by atoms with E-state index in [-0.39, 0.29) is 13.4 Å². The fourth-order valence-corrected chi connectivity index (χ4v) is 4.53. The number of aliphatic hydroxyl groups excluding tert-OH is 1. The number of hydrogen-bond donors (Lipinski definition) is 2. The van der Waals surface area contributed by atoms with E-state index < -0.39 is 6.10 Å². The standard InChI is InChI=1S/C21H23N3O4S2/c1-2-14-3-6-16(7-4-14)22-20-23-24-21(30-20)29-12-17(25)11-26-10-15-5-8-18-19(9-15)28-13-27-18/h3-9,17,25H,2,10-13H2,1H3,(H,22,23)/t17-/m0/s1. The Bertz CT molecular complexity index is 965. The second-order valence-electron chi connectivity index (χ2n) is 6.72. The number of anilines is 2. The van der Waals surface area contributed by atoms with E-state index in [1.165, 1.54) is 28.7 Å². The van der Waals surface area contributed by atoms with E-state index in [2.05, 4.69) is 34.6 Å². The van der Waals surface area contributed by atoms with Gasteiger partial charge in [0.15, 0.2) is 15.8 Å². The van der Waals surface area contributed by atoms with Crippen molar-refractivity contribution in [2.75, 3.05) is 24.5 Å². The van der Waals surface area contributed by atoms with Crippen molar-refractivity contribution in [1.82, 2.24) is 10.2 Å². The Hall–Kier alpha value is -2.33. The van der Waals surface area contributed by atoms with Gasteiger partial charge in [-0.05, 0) is 41.8 Å². The largest absolute Gasteiger partial charge is 0.454 e. The van der Waals surface area contributed by atoms with E-state index in [1.54, 1.807) is 0 Å². The molecule has 0 spiro atoms. The highest BCUT2D eigenvalue weighted by Crippen LogP contribution is 2.32. The van der Waals surface area contributed by atoms with Gasteiger partial charge >= 0.3 is 0 Å². The summed E-state index contributed by atoms with van der Waals surface area (Å²) in [5.74, 6) is 1.97. The molecule has 9 heteroatoms. The van der Waals surface area contributed by atoms with Crippen LogP contribution in [0.5, 0.6) is 11.5 Å². The third-order valence-corrected chi connectivity index (χ3v) is 6.55. The summed E-state index contributed by atoms with van der Waals surface area (Å²) in [4.78, 5) is 0. The van der Waals surface area contributed by atoms with Gasteiger partial charge in [-0.1, -0.05) is 48.2 Å². The minimum atomic E-state index is -0.592. The first-order valence-corrected chi connectivity index (χ1v) is 11.5. The SMILES string of the molecule is CCc1ccc(Nc2nnc(SC[C@@H](O)COCc3ccc4c(c3)OCO4)s2)cc1. The highest BCUT2D eigenvalue weighted by atomic mass is 32.2. The van der Waals surface area contributed by atoms with Crippen molar-refractivity contribution >= 4 is 33.9 Å². The first kappa shape index (κ1) is 20.9. The van der Waals surface area contributed by atoms with Crippen molar-refractivity contribution in [2.24, 2.45) is 0 Å². The predicted octanol–water partition coefficient (Wildman–Crippen LogP) is 4.24. The normalized spacial score (nSPS) is 13.4. The summed E-state index contributed by atoms with van der Waals surface area (Å²) >= 11 is 2.93. The van der Waals surface area contributed by atoms with Crippen LogP contribution in [0.25, 0.3) is 0 Å². The van der Waals surface area contributed by atoms with Gasteiger partial charge in [-0.15, -0.1) is 10.2 Å². The third-order valence-electron chi connectivity index (χ3n) is 4.44. The molecule has 4 rings (SSSR count). The molecule has 158 valence electrons. The average molecular weight is 446 g/mol. The second kappa shape index (κ2) is 10.1. The van der Waals surface area contributed by atoms with Gasteiger partial charge in [-0.3, -0.25) is 0 Å². The summed E-state index contributed by atoms with van der Waals surface area (Å²) in [6.45, 7) is 3.04. The number of ether oxygens (including phenoxy) is 3. The van der Waals surface area contributed by atoms with Crippen molar-refractivity contribution in [3.63, 3.8) is 0 Å². The number of thioether (sulfide) groups is 1. The lowest BCUT2D eigenvalue weighted by Crippen LogP contribution is -2.17. The van der Waals surface area contributed by atoms with Crippen LogP contribution in [0.4, 0.5) is 10.8 Å². The summed E-state index contributed by atoms with van der Waals surface area (Å²) < 4.78 is 17.1. The van der Waals surface area contributed by atoms with E-state index in [9.17, 15) is 5.11 Å². The fraction of sp³-hybridized carbons (Fsp3) is 0.333. The highest BCUT2D eigenvalue weighted by Gasteiger charge is 2.14. The molecule has 0 radical (unpaired) electrons. The summed E-state index contributed by atoms with van der Waals surface area (Å²) in [6, 6.07) is 14.0. The van der Waals surface area contributed by atoms with Gasteiger partial charge in [0.1, 0.15) is 0 Å².